The van der Waals surface area contributed by atoms with Crippen LogP contribution in [0.3, 0.4) is 0 Å². The number of nitrogens with zero attached hydrogens (tertiary/aromatic N) is 2. The van der Waals surface area contributed by atoms with Crippen LogP contribution in [0.1, 0.15) is 28.3 Å². The Labute approximate surface area is 299 Å². The van der Waals surface area contributed by atoms with E-state index in [-0.39, 0.29) is 0 Å². The largest absolute Gasteiger partial charge is 0.399 e. The van der Waals surface area contributed by atoms with Crippen LogP contribution in [-0.2, 0) is 0 Å². The first kappa shape index (κ1) is 30.7. The summed E-state index contributed by atoms with van der Waals surface area (Å²) in [6.45, 7) is 0. The average molecular weight is 675 g/mol. The molecule has 250 valence electrons. The van der Waals surface area contributed by atoms with Crippen LogP contribution < -0.4 is 22.9 Å². The van der Waals surface area contributed by atoms with Crippen molar-refractivity contribution in [1.82, 2.24) is 19.9 Å². The van der Waals surface area contributed by atoms with Crippen molar-refractivity contribution in [1.29, 1.82) is 0 Å². The van der Waals surface area contributed by atoms with Gasteiger partial charge in [-0.2, -0.15) is 0 Å². The molecule has 10 N–H and O–H groups in total. The van der Waals surface area contributed by atoms with Crippen LogP contribution in [0.15, 0.2) is 127 Å². The van der Waals surface area contributed by atoms with E-state index in [9.17, 15) is 0 Å². The summed E-state index contributed by atoms with van der Waals surface area (Å²) < 4.78 is 0. The van der Waals surface area contributed by atoms with Gasteiger partial charge in [-0.25, -0.2) is 9.97 Å². The smallest absolute Gasteiger partial charge is 0.0815 e. The van der Waals surface area contributed by atoms with Crippen molar-refractivity contribution in [3.63, 3.8) is 0 Å². The molecule has 0 spiro atoms. The summed E-state index contributed by atoms with van der Waals surface area (Å²) in [5, 5.41) is 0. The van der Waals surface area contributed by atoms with Gasteiger partial charge in [0.05, 0.1) is 28.3 Å². The standard InChI is InChI=1S/C44H34N8/c45-29-9-1-25(2-10-29)38-23-37-22-35-18-17-33(49-35)21-34-19-20-36(50-34)24-39-40(26-3-11-30(46)12-4-26)41(27-5-13-31(47)14-6-27)44(52-39)42(43(38)51-37)28-7-15-32(48)16-8-28/h1-24,49,52H,45-48H2. The summed E-state index contributed by atoms with van der Waals surface area (Å²) in [6.07, 6.45) is 6.19. The lowest BCUT2D eigenvalue weighted by Crippen LogP contribution is -1.94. The Bertz CT molecular complexity index is 2730. The van der Waals surface area contributed by atoms with Crippen LogP contribution in [0, 0.1) is 0 Å². The normalized spacial score (nSPS) is 12.2. The summed E-state index contributed by atoms with van der Waals surface area (Å²) in [5.41, 5.74) is 42.2. The molecule has 8 heteroatoms. The van der Waals surface area contributed by atoms with Crippen LogP contribution >= 0.6 is 0 Å². The van der Waals surface area contributed by atoms with E-state index in [2.05, 4.69) is 58.5 Å². The average Bonchev–Trinajstić information content (AvgIpc) is 3.95. The Kier molecular flexibility index (Phi) is 7.22. The number of aromatic amines is 2. The van der Waals surface area contributed by atoms with Gasteiger partial charge in [-0.1, -0.05) is 48.5 Å². The number of nitrogen functional groups attached to an aromatic ring is 4. The van der Waals surface area contributed by atoms with E-state index < -0.39 is 0 Å². The highest BCUT2D eigenvalue weighted by Gasteiger charge is 2.24. The fourth-order valence-electron chi connectivity index (χ4n) is 6.96. The fraction of sp³-hybridized carbons (Fsp3) is 0. The number of rotatable bonds is 4. The molecule has 2 aliphatic heterocycles. The minimum atomic E-state index is 0.667. The molecule has 8 bridgehead atoms. The zero-order valence-corrected chi connectivity index (χ0v) is 28.1. The molecule has 0 radical (unpaired) electrons. The Morgan fingerprint density at radius 3 is 1.42 bits per heavy atom. The van der Waals surface area contributed by atoms with Crippen molar-refractivity contribution in [3.8, 4) is 33.4 Å². The molecule has 9 rings (SSSR count). The van der Waals surface area contributed by atoms with E-state index in [1.165, 1.54) is 0 Å². The molecule has 5 heterocycles. The third kappa shape index (κ3) is 5.64. The highest BCUT2D eigenvalue weighted by molar-refractivity contribution is 6.11. The molecule has 2 aliphatic rings. The Balaban J connectivity index is 1.53. The number of fused-ring (bicyclic) bond motifs is 8. The van der Waals surface area contributed by atoms with Crippen LogP contribution in [0.4, 0.5) is 22.7 Å². The molecular formula is C44H34N8. The minimum absolute atomic E-state index is 0.667. The zero-order chi connectivity index (χ0) is 35.3. The highest BCUT2D eigenvalue weighted by Crippen LogP contribution is 2.46. The van der Waals surface area contributed by atoms with Crippen molar-refractivity contribution in [2.24, 2.45) is 0 Å². The Hall–Kier alpha value is -7.32. The maximum absolute atomic E-state index is 6.27. The number of anilines is 4. The molecule has 0 aliphatic carbocycles. The zero-order valence-electron chi connectivity index (χ0n) is 28.1. The lowest BCUT2D eigenvalue weighted by Gasteiger charge is -2.13. The Morgan fingerprint density at radius 1 is 0.404 bits per heavy atom. The van der Waals surface area contributed by atoms with Gasteiger partial charge in [-0.3, -0.25) is 0 Å². The van der Waals surface area contributed by atoms with E-state index in [0.717, 1.165) is 89.4 Å². The first-order valence-electron chi connectivity index (χ1n) is 17.0. The van der Waals surface area contributed by atoms with Crippen LogP contribution in [0.25, 0.3) is 79.2 Å². The van der Waals surface area contributed by atoms with Crippen molar-refractivity contribution >= 4 is 68.6 Å². The van der Waals surface area contributed by atoms with E-state index in [0.29, 0.717) is 22.7 Å². The van der Waals surface area contributed by atoms with Gasteiger partial charge in [0.15, 0.2) is 0 Å². The van der Waals surface area contributed by atoms with Crippen LogP contribution in [0.2, 0.25) is 0 Å². The SMILES string of the molecule is Nc1ccc(C2=Cc3cc4ccc(cc5nc(cc6[nH]c(c(-c7ccc(N)cc7)c2n3)c(-c2ccc(N)cc2)c6-c2ccc(N)cc2)C=C5)[nH]4)cc1. The van der Waals surface area contributed by atoms with Gasteiger partial charge in [0.2, 0.25) is 0 Å². The fourth-order valence-corrected chi connectivity index (χ4v) is 6.96. The molecule has 0 unspecified atom stereocenters. The molecule has 0 amide bonds. The second-order valence-electron chi connectivity index (χ2n) is 13.1. The number of hydrogen-bond acceptors (Lipinski definition) is 6. The van der Waals surface area contributed by atoms with Gasteiger partial charge in [-0.15, -0.1) is 0 Å². The summed E-state index contributed by atoms with van der Waals surface area (Å²) in [7, 11) is 0. The van der Waals surface area contributed by atoms with Crippen molar-refractivity contribution in [2.75, 3.05) is 22.9 Å². The lowest BCUT2D eigenvalue weighted by atomic mass is 9.91. The van der Waals surface area contributed by atoms with Gasteiger partial charge in [-0.05, 0) is 119 Å². The van der Waals surface area contributed by atoms with Crippen LogP contribution in [0.5, 0.6) is 0 Å². The van der Waals surface area contributed by atoms with Gasteiger partial charge < -0.3 is 32.9 Å². The van der Waals surface area contributed by atoms with Gasteiger partial charge in [0.1, 0.15) is 0 Å². The van der Waals surface area contributed by atoms with Crippen LogP contribution in [-0.4, -0.2) is 19.9 Å². The number of nitrogens with one attached hydrogen (secondary N) is 2. The summed E-state index contributed by atoms with van der Waals surface area (Å²) in [6, 6.07) is 42.1. The van der Waals surface area contributed by atoms with Crippen molar-refractivity contribution < 1.29 is 0 Å². The number of benzene rings is 4. The van der Waals surface area contributed by atoms with Gasteiger partial charge in [0.25, 0.3) is 0 Å². The second-order valence-corrected chi connectivity index (χ2v) is 13.1. The predicted octanol–water partition coefficient (Wildman–Crippen LogP) is 9.40. The first-order chi connectivity index (χ1) is 25.3. The summed E-state index contributed by atoms with van der Waals surface area (Å²) in [5.74, 6) is 0. The molecule has 3 aromatic heterocycles. The number of H-pyrrole nitrogens is 2. The van der Waals surface area contributed by atoms with E-state index >= 15 is 0 Å². The first-order valence-corrected chi connectivity index (χ1v) is 17.0. The van der Waals surface area contributed by atoms with E-state index in [1.54, 1.807) is 0 Å². The van der Waals surface area contributed by atoms with Gasteiger partial charge >= 0.3 is 0 Å². The molecule has 0 saturated heterocycles. The lowest BCUT2D eigenvalue weighted by molar-refractivity contribution is 1.30. The predicted molar refractivity (Wildman–Crippen MR) is 217 cm³/mol. The second kappa shape index (κ2) is 12.2. The van der Waals surface area contributed by atoms with Crippen molar-refractivity contribution in [2.45, 2.75) is 0 Å². The molecule has 0 atom stereocenters. The molecule has 4 aromatic carbocycles. The topological polar surface area (TPSA) is 161 Å². The molecule has 52 heavy (non-hydrogen) atoms. The third-order valence-corrected chi connectivity index (χ3v) is 9.44. The van der Waals surface area contributed by atoms with Gasteiger partial charge in [0, 0.05) is 61.6 Å². The van der Waals surface area contributed by atoms with E-state index in [1.807, 2.05) is 97.1 Å². The molecular weight excluding hydrogens is 641 g/mol. The molecule has 8 nitrogen and oxygen atoms in total. The molecule has 0 fully saturated rings. The molecule has 0 saturated carbocycles. The number of aromatic nitrogens is 4. The number of nitrogens with two attached hydrogens (primary N) is 4. The summed E-state index contributed by atoms with van der Waals surface area (Å²) >= 11 is 0. The maximum atomic E-state index is 6.27. The minimum Gasteiger partial charge on any atom is -0.399 e. The maximum Gasteiger partial charge on any atom is 0.0815 e. The summed E-state index contributed by atoms with van der Waals surface area (Å²) in [4.78, 5) is 17.8. The third-order valence-electron chi connectivity index (χ3n) is 9.44. The monoisotopic (exact) mass is 674 g/mol. The Morgan fingerprint density at radius 2 is 0.865 bits per heavy atom. The number of hydrogen-bond donors (Lipinski definition) is 6. The van der Waals surface area contributed by atoms with E-state index in [4.69, 9.17) is 32.9 Å². The molecule has 7 aromatic rings. The quantitative estimate of drug-likeness (QED) is 0.102. The highest BCUT2D eigenvalue weighted by atomic mass is 14.8. The van der Waals surface area contributed by atoms with Crippen molar-refractivity contribution in [3.05, 3.63) is 156 Å².